The Bertz CT molecular complexity index is 485. The van der Waals surface area contributed by atoms with Gasteiger partial charge in [-0.1, -0.05) is 24.6 Å². The molecule has 0 amide bonds. The van der Waals surface area contributed by atoms with Gasteiger partial charge < -0.3 is 5.32 Å². The fourth-order valence-electron chi connectivity index (χ4n) is 2.53. The van der Waals surface area contributed by atoms with Crippen LogP contribution in [0.5, 0.6) is 0 Å². The zero-order valence-corrected chi connectivity index (χ0v) is 12.6. The molecule has 4 heteroatoms. The molecular weight excluding hydrogens is 312 g/mol. The summed E-state index contributed by atoms with van der Waals surface area (Å²) in [5.41, 5.74) is 2.05. The molecule has 104 valence electrons. The van der Waals surface area contributed by atoms with Gasteiger partial charge >= 0.3 is 0 Å². The summed E-state index contributed by atoms with van der Waals surface area (Å²) in [5, 5.41) is 3.37. The van der Waals surface area contributed by atoms with Crippen LogP contribution in [0.2, 0.25) is 0 Å². The quantitative estimate of drug-likeness (QED) is 0.613. The van der Waals surface area contributed by atoms with Crippen LogP contribution >= 0.6 is 15.9 Å². The van der Waals surface area contributed by atoms with E-state index in [0.717, 1.165) is 31.4 Å². The van der Waals surface area contributed by atoms with E-state index in [1.165, 1.54) is 18.1 Å². The van der Waals surface area contributed by atoms with Gasteiger partial charge in [0.05, 0.1) is 10.5 Å². The topological polar surface area (TPSA) is 12.0 Å². The number of benzene rings is 1. The first-order valence-corrected chi connectivity index (χ1v) is 7.50. The highest BCUT2D eigenvalue weighted by atomic mass is 79.9. The highest BCUT2D eigenvalue weighted by Crippen LogP contribution is 2.35. The van der Waals surface area contributed by atoms with Crippen LogP contribution in [0.4, 0.5) is 8.78 Å². The summed E-state index contributed by atoms with van der Waals surface area (Å²) in [4.78, 5) is 0. The number of nitrogens with one attached hydrogen (secondary N) is 1. The lowest BCUT2D eigenvalue weighted by Gasteiger charge is -2.25. The third-order valence-corrected chi connectivity index (χ3v) is 4.29. The lowest BCUT2D eigenvalue weighted by atomic mass is 9.89. The van der Waals surface area contributed by atoms with Crippen molar-refractivity contribution in [3.8, 4) is 0 Å². The fourth-order valence-corrected chi connectivity index (χ4v) is 3.08. The lowest BCUT2D eigenvalue weighted by molar-refractivity contribution is 0.495. The van der Waals surface area contributed by atoms with Gasteiger partial charge in [-0.3, -0.25) is 0 Å². The van der Waals surface area contributed by atoms with E-state index in [-0.39, 0.29) is 10.5 Å². The van der Waals surface area contributed by atoms with Gasteiger partial charge in [0.15, 0.2) is 11.6 Å². The Morgan fingerprint density at radius 1 is 1.32 bits per heavy atom. The third-order valence-electron chi connectivity index (χ3n) is 3.48. The van der Waals surface area contributed by atoms with Gasteiger partial charge in [-0.2, -0.15) is 0 Å². The minimum absolute atomic E-state index is 0.0326. The van der Waals surface area contributed by atoms with E-state index >= 15 is 0 Å². The Morgan fingerprint density at radius 3 is 2.74 bits per heavy atom. The largest absolute Gasteiger partial charge is 0.307 e. The van der Waals surface area contributed by atoms with Gasteiger partial charge in [-0.05, 0) is 59.8 Å². The molecule has 0 saturated carbocycles. The second-order valence-corrected chi connectivity index (χ2v) is 5.57. The Balaban J connectivity index is 2.39. The average Bonchev–Trinajstić information content (AvgIpc) is 2.44. The first-order chi connectivity index (χ1) is 9.15. The van der Waals surface area contributed by atoms with Crippen LogP contribution in [-0.4, -0.2) is 6.54 Å². The smallest absolute Gasteiger partial charge is 0.173 e. The van der Waals surface area contributed by atoms with Gasteiger partial charge in [0.1, 0.15) is 0 Å². The molecule has 19 heavy (non-hydrogen) atoms. The van der Waals surface area contributed by atoms with E-state index in [4.69, 9.17) is 0 Å². The third kappa shape index (κ3) is 3.23. The molecule has 1 N–H and O–H groups in total. The van der Waals surface area contributed by atoms with Crippen molar-refractivity contribution in [1.82, 2.24) is 5.32 Å². The van der Waals surface area contributed by atoms with Crippen molar-refractivity contribution in [2.75, 3.05) is 6.54 Å². The van der Waals surface area contributed by atoms with Crippen LogP contribution < -0.4 is 5.32 Å². The van der Waals surface area contributed by atoms with Crippen molar-refractivity contribution in [2.24, 2.45) is 0 Å². The summed E-state index contributed by atoms with van der Waals surface area (Å²) in [6.07, 6.45) is 6.68. The predicted molar refractivity (Wildman–Crippen MR) is 77.0 cm³/mol. The normalized spacial score (nSPS) is 17.2. The second kappa shape index (κ2) is 6.62. The fraction of sp³-hybridized carbons (Fsp3) is 0.467. The molecule has 1 aliphatic carbocycles. The molecule has 0 saturated heterocycles. The molecule has 0 spiro atoms. The van der Waals surface area contributed by atoms with Crippen LogP contribution in [0.25, 0.3) is 0 Å². The number of likely N-dealkylation sites (N-methyl/N-ethyl adjacent to an activating group) is 1. The summed E-state index contributed by atoms with van der Waals surface area (Å²) >= 11 is 3.19. The first kappa shape index (κ1) is 14.7. The molecule has 0 heterocycles. The summed E-state index contributed by atoms with van der Waals surface area (Å²) in [6.45, 7) is 2.80. The predicted octanol–water partition coefficient (Wildman–Crippen LogP) is 4.88. The van der Waals surface area contributed by atoms with Gasteiger partial charge in [0.2, 0.25) is 0 Å². The number of hydrogen-bond donors (Lipinski definition) is 1. The molecule has 0 fully saturated rings. The lowest BCUT2D eigenvalue weighted by Crippen LogP contribution is -2.24. The molecule has 0 radical (unpaired) electrons. The molecule has 0 aromatic heterocycles. The number of rotatable bonds is 4. The van der Waals surface area contributed by atoms with E-state index in [2.05, 4.69) is 27.3 Å². The molecule has 1 aromatic rings. The SMILES string of the molecule is CCNC(C1=CCCCC1)c1ccc(F)c(F)c1Br. The van der Waals surface area contributed by atoms with E-state index in [1.54, 1.807) is 6.07 Å². The van der Waals surface area contributed by atoms with E-state index in [1.807, 2.05) is 6.92 Å². The molecule has 0 bridgehead atoms. The maximum Gasteiger partial charge on any atom is 0.173 e. The Hall–Kier alpha value is -0.740. The minimum atomic E-state index is -0.816. The van der Waals surface area contributed by atoms with Crippen molar-refractivity contribution in [2.45, 2.75) is 38.6 Å². The van der Waals surface area contributed by atoms with E-state index < -0.39 is 11.6 Å². The monoisotopic (exact) mass is 329 g/mol. The number of halogens is 3. The van der Waals surface area contributed by atoms with Gasteiger partial charge in [0, 0.05) is 0 Å². The van der Waals surface area contributed by atoms with Crippen molar-refractivity contribution in [3.63, 3.8) is 0 Å². The summed E-state index contributed by atoms with van der Waals surface area (Å²) in [7, 11) is 0. The van der Waals surface area contributed by atoms with Gasteiger partial charge in [-0.15, -0.1) is 0 Å². The average molecular weight is 330 g/mol. The van der Waals surface area contributed by atoms with Crippen molar-refractivity contribution >= 4 is 15.9 Å². The zero-order valence-electron chi connectivity index (χ0n) is 11.0. The van der Waals surface area contributed by atoms with E-state index in [9.17, 15) is 8.78 Å². The van der Waals surface area contributed by atoms with Crippen LogP contribution in [0.3, 0.4) is 0 Å². The van der Waals surface area contributed by atoms with Crippen molar-refractivity contribution in [3.05, 3.63) is 45.5 Å². The first-order valence-electron chi connectivity index (χ1n) is 6.70. The summed E-state index contributed by atoms with van der Waals surface area (Å²) in [6, 6.07) is 2.82. The highest BCUT2D eigenvalue weighted by molar-refractivity contribution is 9.10. The van der Waals surface area contributed by atoms with Gasteiger partial charge in [-0.25, -0.2) is 8.78 Å². The standard InChI is InChI=1S/C15H18BrF2N/c1-2-19-15(10-6-4-3-5-7-10)11-8-9-12(17)14(18)13(11)16/h6,8-9,15,19H,2-5,7H2,1H3. The van der Waals surface area contributed by atoms with Crippen LogP contribution in [0.15, 0.2) is 28.3 Å². The summed E-state index contributed by atoms with van der Waals surface area (Å²) in [5.74, 6) is -1.62. The van der Waals surface area contributed by atoms with E-state index in [0.29, 0.717) is 0 Å². The highest BCUT2D eigenvalue weighted by Gasteiger charge is 2.22. The second-order valence-electron chi connectivity index (χ2n) is 4.78. The van der Waals surface area contributed by atoms with Crippen LogP contribution in [-0.2, 0) is 0 Å². The Morgan fingerprint density at radius 2 is 2.11 bits per heavy atom. The van der Waals surface area contributed by atoms with Crippen LogP contribution in [0.1, 0.15) is 44.2 Å². The molecule has 1 nitrogen and oxygen atoms in total. The maximum absolute atomic E-state index is 13.7. The summed E-state index contributed by atoms with van der Waals surface area (Å²) < 4.78 is 27.1. The molecule has 0 aliphatic heterocycles. The van der Waals surface area contributed by atoms with Crippen molar-refractivity contribution in [1.29, 1.82) is 0 Å². The maximum atomic E-state index is 13.7. The molecule has 2 rings (SSSR count). The van der Waals surface area contributed by atoms with Gasteiger partial charge in [0.25, 0.3) is 0 Å². The molecule has 1 aromatic carbocycles. The molecule has 1 aliphatic rings. The molecule has 1 atom stereocenters. The Kier molecular flexibility index (Phi) is 5.11. The van der Waals surface area contributed by atoms with Crippen LogP contribution in [0, 0.1) is 11.6 Å². The molecular formula is C15H18BrF2N. The minimum Gasteiger partial charge on any atom is -0.307 e. The Labute approximate surface area is 121 Å². The number of hydrogen-bond acceptors (Lipinski definition) is 1. The zero-order chi connectivity index (χ0) is 13.8. The molecule has 1 unspecified atom stereocenters. The number of allylic oxidation sites excluding steroid dienone is 1. The van der Waals surface area contributed by atoms with Crippen molar-refractivity contribution < 1.29 is 8.78 Å².